The number of carbonyl (C=O) groups excluding carboxylic acids is 1. The van der Waals surface area contributed by atoms with Gasteiger partial charge in [0.2, 0.25) is 0 Å². The van der Waals surface area contributed by atoms with Gasteiger partial charge >= 0.3 is 5.97 Å². The van der Waals surface area contributed by atoms with Gasteiger partial charge in [0.1, 0.15) is 0 Å². The molecule has 66 valence electrons. The molecule has 11 heavy (non-hydrogen) atoms. The largest absolute Gasteiger partial charge is 0.461 e. The Labute approximate surface area is 70.8 Å². The van der Waals surface area contributed by atoms with Crippen molar-refractivity contribution >= 4 is 22.7 Å². The molecule has 0 aliphatic rings. The van der Waals surface area contributed by atoms with Crippen molar-refractivity contribution in [3.8, 4) is 0 Å². The van der Waals surface area contributed by atoms with E-state index in [1.165, 1.54) is 0 Å². The van der Waals surface area contributed by atoms with Crippen LogP contribution >= 0.6 is 11.6 Å². The van der Waals surface area contributed by atoms with Gasteiger partial charge in [0.05, 0.1) is 6.61 Å². The first-order valence-corrected chi connectivity index (χ1v) is 3.64. The lowest BCUT2D eigenvalue weighted by Gasteiger charge is -1.94. The molecule has 0 amide bonds. The topological polar surface area (TPSA) is 58.9 Å². The van der Waals surface area contributed by atoms with Gasteiger partial charge in [-0.1, -0.05) is 30.6 Å². The van der Waals surface area contributed by atoms with E-state index in [9.17, 15) is 4.79 Å². The standard InChI is InChI=1S/C4H6ClNO3.C2H6/c1-2-9-4(7)3(5)6-8;1-2/h8H,2H2,1H3;1-2H3/b6-3-;. The Hall–Kier alpha value is -0.770. The Morgan fingerprint density at radius 1 is 1.64 bits per heavy atom. The first-order valence-electron chi connectivity index (χ1n) is 3.27. The van der Waals surface area contributed by atoms with Gasteiger partial charge in [-0.2, -0.15) is 0 Å². The Kier molecular flexibility index (Phi) is 10.8. The van der Waals surface area contributed by atoms with Crippen LogP contribution in [0.15, 0.2) is 5.16 Å². The molecule has 0 aromatic rings. The molecule has 0 spiro atoms. The van der Waals surface area contributed by atoms with E-state index < -0.39 is 11.1 Å². The summed E-state index contributed by atoms with van der Waals surface area (Å²) < 4.78 is 4.33. The van der Waals surface area contributed by atoms with Gasteiger partial charge in [0.15, 0.2) is 0 Å². The molecule has 0 bridgehead atoms. The smallest absolute Gasteiger partial charge is 0.372 e. The highest BCUT2D eigenvalue weighted by atomic mass is 35.5. The summed E-state index contributed by atoms with van der Waals surface area (Å²) in [5.41, 5.74) is 0. The minimum absolute atomic E-state index is 0.213. The second-order valence-electron chi connectivity index (χ2n) is 1.11. The van der Waals surface area contributed by atoms with E-state index in [1.807, 2.05) is 13.8 Å². The summed E-state index contributed by atoms with van der Waals surface area (Å²) in [6.45, 7) is 5.84. The lowest BCUT2D eigenvalue weighted by molar-refractivity contribution is -0.134. The van der Waals surface area contributed by atoms with Gasteiger partial charge in [-0.05, 0) is 6.92 Å². The molecule has 1 N–H and O–H groups in total. The van der Waals surface area contributed by atoms with E-state index in [4.69, 9.17) is 16.8 Å². The summed E-state index contributed by atoms with van der Waals surface area (Å²) in [5.74, 6) is -0.818. The first-order chi connectivity index (χ1) is 5.22. The highest BCUT2D eigenvalue weighted by Gasteiger charge is 2.07. The number of oxime groups is 1. The normalized spacial score (nSPS) is 9.64. The second kappa shape index (κ2) is 9.23. The van der Waals surface area contributed by atoms with Crippen LogP contribution in [-0.4, -0.2) is 23.0 Å². The van der Waals surface area contributed by atoms with Crippen LogP contribution < -0.4 is 0 Å². The Balaban J connectivity index is 0. The Morgan fingerprint density at radius 3 is 2.36 bits per heavy atom. The minimum Gasteiger partial charge on any atom is -0.461 e. The summed E-state index contributed by atoms with van der Waals surface area (Å²) in [6.07, 6.45) is 0. The number of hydrogen-bond donors (Lipinski definition) is 1. The summed E-state index contributed by atoms with van der Waals surface area (Å²) in [5, 5.41) is 9.74. The number of hydrogen-bond acceptors (Lipinski definition) is 4. The molecule has 0 unspecified atom stereocenters. The third-order valence-electron chi connectivity index (χ3n) is 0.532. The number of ether oxygens (including phenoxy) is 1. The summed E-state index contributed by atoms with van der Waals surface area (Å²) in [7, 11) is 0. The fraction of sp³-hybridized carbons (Fsp3) is 0.667. The average Bonchev–Trinajstić information content (AvgIpc) is 2.07. The fourth-order valence-corrected chi connectivity index (χ4v) is 0.286. The molecular weight excluding hydrogens is 170 g/mol. The zero-order chi connectivity index (χ0) is 9.28. The maximum atomic E-state index is 10.3. The molecule has 0 fully saturated rings. The maximum absolute atomic E-state index is 10.3. The van der Waals surface area contributed by atoms with E-state index in [0.717, 1.165) is 0 Å². The van der Waals surface area contributed by atoms with Crippen LogP contribution in [0.5, 0.6) is 0 Å². The van der Waals surface area contributed by atoms with Crippen molar-refractivity contribution in [1.82, 2.24) is 0 Å². The zero-order valence-corrected chi connectivity index (χ0v) is 7.55. The van der Waals surface area contributed by atoms with Crippen LogP contribution in [0.1, 0.15) is 20.8 Å². The van der Waals surface area contributed by atoms with Gasteiger partial charge in [-0.3, -0.25) is 0 Å². The molecule has 0 aromatic carbocycles. The van der Waals surface area contributed by atoms with Gasteiger partial charge < -0.3 is 9.94 Å². The molecule has 0 aromatic heterocycles. The highest BCUT2D eigenvalue weighted by Crippen LogP contribution is 1.88. The summed E-state index contributed by atoms with van der Waals surface area (Å²) in [4.78, 5) is 10.3. The molecular formula is C6H12ClNO3. The highest BCUT2D eigenvalue weighted by molar-refractivity contribution is 6.81. The molecule has 0 heterocycles. The number of rotatable bonds is 2. The van der Waals surface area contributed by atoms with Crippen molar-refractivity contribution in [2.24, 2.45) is 5.16 Å². The average molecular weight is 182 g/mol. The molecule has 0 atom stereocenters. The Bertz CT molecular complexity index is 136. The third kappa shape index (κ3) is 7.12. The first kappa shape index (κ1) is 12.9. The fourth-order valence-electron chi connectivity index (χ4n) is 0.231. The van der Waals surface area contributed by atoms with Gasteiger partial charge in [0.25, 0.3) is 5.17 Å². The zero-order valence-electron chi connectivity index (χ0n) is 6.80. The molecule has 0 aliphatic heterocycles. The van der Waals surface area contributed by atoms with E-state index in [2.05, 4.69) is 9.89 Å². The van der Waals surface area contributed by atoms with E-state index in [1.54, 1.807) is 6.92 Å². The second-order valence-corrected chi connectivity index (χ2v) is 1.47. The Morgan fingerprint density at radius 2 is 2.09 bits per heavy atom. The van der Waals surface area contributed by atoms with Crippen molar-refractivity contribution in [3.63, 3.8) is 0 Å². The quantitative estimate of drug-likeness (QED) is 0.305. The molecule has 0 rings (SSSR count). The summed E-state index contributed by atoms with van der Waals surface area (Å²) >= 11 is 5.02. The molecule has 0 radical (unpaired) electrons. The van der Waals surface area contributed by atoms with Gasteiger partial charge in [0, 0.05) is 0 Å². The predicted molar refractivity (Wildman–Crippen MR) is 43.1 cm³/mol. The lowest BCUT2D eigenvalue weighted by Crippen LogP contribution is -2.11. The number of esters is 1. The van der Waals surface area contributed by atoms with Crippen LogP contribution in [0.25, 0.3) is 0 Å². The molecule has 0 aliphatic carbocycles. The SMILES string of the molecule is CC.CCOC(=O)/C(Cl)=N/O. The van der Waals surface area contributed by atoms with Crippen LogP contribution in [0, 0.1) is 0 Å². The van der Waals surface area contributed by atoms with E-state index >= 15 is 0 Å². The number of nitrogens with zero attached hydrogens (tertiary/aromatic N) is 1. The van der Waals surface area contributed by atoms with Crippen LogP contribution in [-0.2, 0) is 9.53 Å². The van der Waals surface area contributed by atoms with Crippen molar-refractivity contribution in [3.05, 3.63) is 0 Å². The third-order valence-corrected chi connectivity index (χ3v) is 0.762. The van der Waals surface area contributed by atoms with Crippen molar-refractivity contribution in [1.29, 1.82) is 0 Å². The number of halogens is 1. The van der Waals surface area contributed by atoms with E-state index in [0.29, 0.717) is 0 Å². The summed E-state index contributed by atoms with van der Waals surface area (Å²) in [6, 6.07) is 0. The van der Waals surface area contributed by atoms with Crippen LogP contribution in [0.2, 0.25) is 0 Å². The monoisotopic (exact) mass is 181 g/mol. The molecule has 0 saturated heterocycles. The van der Waals surface area contributed by atoms with Crippen molar-refractivity contribution in [2.75, 3.05) is 6.61 Å². The van der Waals surface area contributed by atoms with E-state index in [-0.39, 0.29) is 6.61 Å². The minimum atomic E-state index is -0.818. The maximum Gasteiger partial charge on any atom is 0.372 e. The molecule has 0 saturated carbocycles. The number of carbonyl (C=O) groups is 1. The molecule has 5 heteroatoms. The van der Waals surface area contributed by atoms with Gasteiger partial charge in [-0.25, -0.2) is 4.79 Å². The molecule has 4 nitrogen and oxygen atoms in total. The van der Waals surface area contributed by atoms with Crippen molar-refractivity contribution in [2.45, 2.75) is 20.8 Å². The van der Waals surface area contributed by atoms with Gasteiger partial charge in [-0.15, -0.1) is 0 Å². The van der Waals surface area contributed by atoms with Crippen LogP contribution in [0.4, 0.5) is 0 Å². The van der Waals surface area contributed by atoms with Crippen LogP contribution in [0.3, 0.4) is 0 Å². The lowest BCUT2D eigenvalue weighted by atomic mass is 10.7. The predicted octanol–water partition coefficient (Wildman–Crippen LogP) is 1.60. The van der Waals surface area contributed by atoms with Crippen molar-refractivity contribution < 1.29 is 14.7 Å².